The van der Waals surface area contributed by atoms with E-state index in [0.29, 0.717) is 11.1 Å². The van der Waals surface area contributed by atoms with Crippen LogP contribution in [0.15, 0.2) is 42.5 Å². The van der Waals surface area contributed by atoms with Gasteiger partial charge in [-0.2, -0.15) is 0 Å². The van der Waals surface area contributed by atoms with Crippen LogP contribution in [0, 0.1) is 11.6 Å². The van der Waals surface area contributed by atoms with Gasteiger partial charge in [0.2, 0.25) is 0 Å². The Balaban J connectivity index is 1.88. The van der Waals surface area contributed by atoms with Gasteiger partial charge in [0.05, 0.1) is 19.2 Å². The molecule has 0 atom stereocenters. The molecule has 0 spiro atoms. The molecular weight excluding hydrogens is 352 g/mol. The molecular formula is C21H21F2NO3. The zero-order valence-electron chi connectivity index (χ0n) is 15.1. The number of benzene rings is 2. The lowest BCUT2D eigenvalue weighted by atomic mass is 10.1. The van der Waals surface area contributed by atoms with Crippen LogP contribution in [0.1, 0.15) is 52.0 Å². The minimum Gasteiger partial charge on any atom is -0.465 e. The van der Waals surface area contributed by atoms with Gasteiger partial charge in [0.1, 0.15) is 11.6 Å². The van der Waals surface area contributed by atoms with Crippen molar-refractivity contribution in [3.8, 4) is 0 Å². The van der Waals surface area contributed by atoms with E-state index in [-0.39, 0.29) is 24.1 Å². The number of rotatable bonds is 5. The van der Waals surface area contributed by atoms with E-state index < -0.39 is 17.6 Å². The summed E-state index contributed by atoms with van der Waals surface area (Å²) in [6.45, 7) is -0.124. The number of carbonyl (C=O) groups excluding carboxylic acids is 2. The van der Waals surface area contributed by atoms with Crippen LogP contribution in [-0.2, 0) is 11.3 Å². The summed E-state index contributed by atoms with van der Waals surface area (Å²) >= 11 is 0. The molecule has 1 saturated carbocycles. The Morgan fingerprint density at radius 2 is 1.56 bits per heavy atom. The SMILES string of the molecule is COC(=O)c1ccc(C(=O)N(Cc2c(F)cccc2F)C2CCCC2)cc1. The Kier molecular flexibility index (Phi) is 5.84. The maximum Gasteiger partial charge on any atom is 0.337 e. The predicted molar refractivity (Wildman–Crippen MR) is 96.3 cm³/mol. The van der Waals surface area contributed by atoms with Crippen LogP contribution in [-0.4, -0.2) is 29.9 Å². The molecule has 0 unspecified atom stereocenters. The molecule has 2 aromatic rings. The van der Waals surface area contributed by atoms with Crippen molar-refractivity contribution in [2.45, 2.75) is 38.3 Å². The number of carbonyl (C=O) groups is 2. The van der Waals surface area contributed by atoms with Crippen LogP contribution in [0.3, 0.4) is 0 Å². The molecule has 0 heterocycles. The lowest BCUT2D eigenvalue weighted by Gasteiger charge is -2.29. The van der Waals surface area contributed by atoms with Gasteiger partial charge in [-0.3, -0.25) is 4.79 Å². The number of esters is 1. The fourth-order valence-electron chi connectivity index (χ4n) is 3.47. The average Bonchev–Trinajstić information content (AvgIpc) is 3.21. The van der Waals surface area contributed by atoms with E-state index >= 15 is 0 Å². The number of ether oxygens (including phenoxy) is 1. The summed E-state index contributed by atoms with van der Waals surface area (Å²) in [6, 6.07) is 9.73. The maximum absolute atomic E-state index is 14.1. The molecule has 0 saturated heterocycles. The van der Waals surface area contributed by atoms with Crippen LogP contribution < -0.4 is 0 Å². The minimum atomic E-state index is -0.660. The first kappa shape index (κ1) is 19.0. The highest BCUT2D eigenvalue weighted by Gasteiger charge is 2.29. The summed E-state index contributed by atoms with van der Waals surface area (Å²) in [6.07, 6.45) is 3.58. The van der Waals surface area contributed by atoms with Crippen LogP contribution in [0.25, 0.3) is 0 Å². The van der Waals surface area contributed by atoms with Crippen LogP contribution in [0.5, 0.6) is 0 Å². The van der Waals surface area contributed by atoms with E-state index in [1.54, 1.807) is 4.90 Å². The number of halogens is 2. The first-order chi connectivity index (χ1) is 13.0. The molecule has 3 rings (SSSR count). The fraction of sp³-hybridized carbons (Fsp3) is 0.333. The third kappa shape index (κ3) is 4.15. The van der Waals surface area contributed by atoms with Crippen molar-refractivity contribution in [3.05, 3.63) is 70.8 Å². The Bertz CT molecular complexity index is 810. The highest BCUT2D eigenvalue weighted by Crippen LogP contribution is 2.28. The molecule has 1 fully saturated rings. The van der Waals surface area contributed by atoms with Gasteiger partial charge in [-0.15, -0.1) is 0 Å². The highest BCUT2D eigenvalue weighted by atomic mass is 19.1. The number of hydrogen-bond donors (Lipinski definition) is 0. The van der Waals surface area contributed by atoms with Crippen molar-refractivity contribution in [2.24, 2.45) is 0 Å². The van der Waals surface area contributed by atoms with Gasteiger partial charge in [0, 0.05) is 17.2 Å². The largest absolute Gasteiger partial charge is 0.465 e. The zero-order chi connectivity index (χ0) is 19.4. The summed E-state index contributed by atoms with van der Waals surface area (Å²) in [5.74, 6) is -2.12. The quantitative estimate of drug-likeness (QED) is 0.733. The monoisotopic (exact) mass is 373 g/mol. The molecule has 4 nitrogen and oxygen atoms in total. The van der Waals surface area contributed by atoms with Crippen molar-refractivity contribution in [2.75, 3.05) is 7.11 Å². The molecule has 2 aromatic carbocycles. The van der Waals surface area contributed by atoms with Gasteiger partial charge in [-0.25, -0.2) is 13.6 Å². The van der Waals surface area contributed by atoms with Crippen LogP contribution >= 0.6 is 0 Å². The summed E-state index contributed by atoms with van der Waals surface area (Å²) in [4.78, 5) is 26.2. The second kappa shape index (κ2) is 8.29. The van der Waals surface area contributed by atoms with Crippen LogP contribution in [0.4, 0.5) is 8.78 Å². The predicted octanol–water partition coefficient (Wildman–Crippen LogP) is 4.34. The number of methoxy groups -OCH3 is 1. The van der Waals surface area contributed by atoms with Gasteiger partial charge < -0.3 is 9.64 Å². The first-order valence-corrected chi connectivity index (χ1v) is 8.93. The third-order valence-electron chi connectivity index (χ3n) is 4.97. The number of nitrogens with zero attached hydrogens (tertiary/aromatic N) is 1. The van der Waals surface area contributed by atoms with E-state index in [0.717, 1.165) is 25.7 Å². The first-order valence-electron chi connectivity index (χ1n) is 8.93. The molecule has 1 amide bonds. The molecule has 0 aliphatic heterocycles. The Hall–Kier alpha value is -2.76. The molecule has 0 aromatic heterocycles. The Morgan fingerprint density at radius 1 is 1.00 bits per heavy atom. The molecule has 1 aliphatic rings. The third-order valence-corrected chi connectivity index (χ3v) is 4.97. The molecule has 0 bridgehead atoms. The maximum atomic E-state index is 14.1. The summed E-state index contributed by atoms with van der Waals surface area (Å²) in [5, 5.41) is 0. The van der Waals surface area contributed by atoms with Gasteiger partial charge in [-0.05, 0) is 49.2 Å². The molecule has 0 N–H and O–H groups in total. The van der Waals surface area contributed by atoms with Gasteiger partial charge in [0.25, 0.3) is 5.91 Å². The van der Waals surface area contributed by atoms with Crippen molar-refractivity contribution in [1.82, 2.24) is 4.90 Å². The van der Waals surface area contributed by atoms with Gasteiger partial charge in [0.15, 0.2) is 0 Å². The fourth-order valence-corrected chi connectivity index (χ4v) is 3.47. The summed E-state index contributed by atoms with van der Waals surface area (Å²) in [7, 11) is 1.28. The zero-order valence-corrected chi connectivity index (χ0v) is 15.1. The molecule has 6 heteroatoms. The normalized spacial score (nSPS) is 14.2. The van der Waals surface area contributed by atoms with Crippen molar-refractivity contribution in [1.29, 1.82) is 0 Å². The second-order valence-electron chi connectivity index (χ2n) is 6.64. The summed E-state index contributed by atoms with van der Waals surface area (Å²) in [5.41, 5.74) is 0.594. The van der Waals surface area contributed by atoms with E-state index in [4.69, 9.17) is 0 Å². The molecule has 1 aliphatic carbocycles. The summed E-state index contributed by atoms with van der Waals surface area (Å²) < 4.78 is 32.9. The van der Waals surface area contributed by atoms with Crippen molar-refractivity contribution < 1.29 is 23.1 Å². The molecule has 27 heavy (non-hydrogen) atoms. The smallest absolute Gasteiger partial charge is 0.337 e. The van der Waals surface area contributed by atoms with Crippen LogP contribution in [0.2, 0.25) is 0 Å². The topological polar surface area (TPSA) is 46.6 Å². The number of amides is 1. The Morgan fingerprint density at radius 3 is 2.11 bits per heavy atom. The minimum absolute atomic E-state index is 0.0585. The molecule has 0 radical (unpaired) electrons. The van der Waals surface area contributed by atoms with E-state index in [2.05, 4.69) is 4.74 Å². The van der Waals surface area contributed by atoms with Crippen molar-refractivity contribution in [3.63, 3.8) is 0 Å². The standard InChI is InChI=1S/C21H21F2NO3/c1-27-21(26)15-11-9-14(10-12-15)20(25)24(16-5-2-3-6-16)13-17-18(22)7-4-8-19(17)23/h4,7-12,16H,2-3,5-6,13H2,1H3. The van der Waals surface area contributed by atoms with Crippen molar-refractivity contribution >= 4 is 11.9 Å². The lowest BCUT2D eigenvalue weighted by molar-refractivity contribution is 0.0598. The molecule has 142 valence electrons. The van der Waals surface area contributed by atoms with E-state index in [1.807, 2.05) is 0 Å². The van der Waals surface area contributed by atoms with E-state index in [1.165, 1.54) is 49.6 Å². The second-order valence-corrected chi connectivity index (χ2v) is 6.64. The van der Waals surface area contributed by atoms with Gasteiger partial charge >= 0.3 is 5.97 Å². The number of hydrogen-bond acceptors (Lipinski definition) is 3. The van der Waals surface area contributed by atoms with E-state index in [9.17, 15) is 18.4 Å². The highest BCUT2D eigenvalue weighted by molar-refractivity contribution is 5.96. The Labute approximate surface area is 156 Å². The average molecular weight is 373 g/mol. The lowest BCUT2D eigenvalue weighted by Crippen LogP contribution is -2.38. The van der Waals surface area contributed by atoms with Gasteiger partial charge in [-0.1, -0.05) is 18.9 Å².